The van der Waals surface area contributed by atoms with Crippen LogP contribution in [0, 0.1) is 0 Å². The third-order valence-electron chi connectivity index (χ3n) is 12.7. The zero-order chi connectivity index (χ0) is 38.6. The quantitative estimate of drug-likeness (QED) is 0.167. The molecule has 0 bridgehead atoms. The Hall–Kier alpha value is -7.76. The molecule has 9 aromatic carbocycles. The first-order valence-electron chi connectivity index (χ1n) is 20.4. The zero-order valence-electron chi connectivity index (χ0n) is 32.1. The molecule has 0 unspecified atom stereocenters. The number of para-hydroxylation sites is 7. The lowest BCUT2D eigenvalue weighted by Crippen LogP contribution is -2.61. The fourth-order valence-electron chi connectivity index (χ4n) is 10.3. The van der Waals surface area contributed by atoms with Crippen LogP contribution >= 0.6 is 0 Å². The molecule has 5 heteroatoms. The van der Waals surface area contributed by atoms with Crippen LogP contribution in [0.3, 0.4) is 0 Å². The van der Waals surface area contributed by atoms with Crippen LogP contribution in [0.4, 0.5) is 34.1 Å². The van der Waals surface area contributed by atoms with Gasteiger partial charge < -0.3 is 18.9 Å². The Kier molecular flexibility index (Phi) is 6.78. The number of benzene rings is 9. The molecule has 4 heterocycles. The monoisotopic (exact) mass is 750 g/mol. The summed E-state index contributed by atoms with van der Waals surface area (Å²) in [7, 11) is 0. The molecule has 0 amide bonds. The van der Waals surface area contributed by atoms with Gasteiger partial charge in [0, 0.05) is 61.4 Å². The third kappa shape index (κ3) is 4.55. The maximum atomic E-state index is 2.52. The lowest BCUT2D eigenvalue weighted by Gasteiger charge is -2.44. The van der Waals surface area contributed by atoms with Crippen LogP contribution < -0.4 is 26.2 Å². The topological polar surface area (TPSA) is 16.3 Å². The second kappa shape index (κ2) is 12.4. The van der Waals surface area contributed by atoms with E-state index in [9.17, 15) is 0 Å². The molecule has 0 atom stereocenters. The van der Waals surface area contributed by atoms with E-state index in [0.717, 1.165) is 22.7 Å². The van der Waals surface area contributed by atoms with Gasteiger partial charge in [-0.2, -0.15) is 0 Å². The Morgan fingerprint density at radius 1 is 0.271 bits per heavy atom. The Morgan fingerprint density at radius 2 is 0.661 bits per heavy atom. The highest BCUT2D eigenvalue weighted by Gasteiger charge is 2.44. The average Bonchev–Trinajstić information content (AvgIpc) is 3.82. The molecule has 4 nitrogen and oxygen atoms in total. The SMILES string of the molecule is c1ccc(N2c3ccccc3B3c4ccc(-n5c6ccccc6c6ccccc65)cc4N(c4ccccc4)c4cc(-n5c6ccccc6c6ccccc65)cc2c43)cc1. The van der Waals surface area contributed by atoms with Crippen molar-refractivity contribution in [1.29, 1.82) is 0 Å². The third-order valence-corrected chi connectivity index (χ3v) is 12.7. The van der Waals surface area contributed by atoms with Crippen molar-refractivity contribution in [2.45, 2.75) is 0 Å². The molecule has 274 valence electrons. The molecule has 13 rings (SSSR count). The molecule has 0 fully saturated rings. The summed E-state index contributed by atoms with van der Waals surface area (Å²) in [5.74, 6) is 0. The number of hydrogen-bond acceptors (Lipinski definition) is 2. The minimum Gasteiger partial charge on any atom is -0.311 e. The minimum atomic E-state index is 0.00512. The van der Waals surface area contributed by atoms with Crippen LogP contribution in [0.2, 0.25) is 0 Å². The van der Waals surface area contributed by atoms with Gasteiger partial charge in [0.2, 0.25) is 0 Å². The molecule has 11 aromatic rings. The van der Waals surface area contributed by atoms with Crippen LogP contribution in [-0.2, 0) is 0 Å². The van der Waals surface area contributed by atoms with Crippen molar-refractivity contribution in [3.63, 3.8) is 0 Å². The second-order valence-electron chi connectivity index (χ2n) is 15.7. The molecule has 0 radical (unpaired) electrons. The van der Waals surface area contributed by atoms with Gasteiger partial charge in [0.15, 0.2) is 0 Å². The number of aromatic nitrogens is 2. The van der Waals surface area contributed by atoms with Gasteiger partial charge in [0.05, 0.1) is 27.8 Å². The van der Waals surface area contributed by atoms with E-state index in [0.29, 0.717) is 0 Å². The maximum absolute atomic E-state index is 2.52. The predicted octanol–water partition coefficient (Wildman–Crippen LogP) is 12.0. The van der Waals surface area contributed by atoms with Crippen LogP contribution in [0.15, 0.2) is 212 Å². The molecule has 0 saturated heterocycles. The van der Waals surface area contributed by atoms with Gasteiger partial charge in [-0.25, -0.2) is 0 Å². The minimum absolute atomic E-state index is 0.00512. The van der Waals surface area contributed by atoms with Gasteiger partial charge in [-0.15, -0.1) is 0 Å². The van der Waals surface area contributed by atoms with E-state index in [1.807, 2.05) is 0 Å². The van der Waals surface area contributed by atoms with Gasteiger partial charge in [-0.3, -0.25) is 0 Å². The Bertz CT molecular complexity index is 3370. The summed E-state index contributed by atoms with van der Waals surface area (Å²) in [5.41, 5.74) is 17.9. The number of anilines is 6. The fourth-order valence-corrected chi connectivity index (χ4v) is 10.3. The number of hydrogen-bond donors (Lipinski definition) is 0. The first-order valence-corrected chi connectivity index (χ1v) is 20.4. The highest BCUT2D eigenvalue weighted by molar-refractivity contribution is 7.00. The molecule has 2 aromatic heterocycles. The second-order valence-corrected chi connectivity index (χ2v) is 15.7. The highest BCUT2D eigenvalue weighted by Crippen LogP contribution is 2.46. The number of nitrogens with zero attached hydrogens (tertiary/aromatic N) is 4. The van der Waals surface area contributed by atoms with Crippen molar-refractivity contribution in [3.05, 3.63) is 212 Å². The molecule has 2 aliphatic rings. The van der Waals surface area contributed by atoms with E-state index in [1.54, 1.807) is 0 Å². The van der Waals surface area contributed by atoms with E-state index in [1.165, 1.54) is 82.7 Å². The Morgan fingerprint density at radius 3 is 1.19 bits per heavy atom. The summed E-state index contributed by atoms with van der Waals surface area (Å²) < 4.78 is 4.91. The summed E-state index contributed by atoms with van der Waals surface area (Å²) in [4.78, 5) is 5.01. The molecule has 59 heavy (non-hydrogen) atoms. The predicted molar refractivity (Wildman–Crippen MR) is 249 cm³/mol. The molecule has 0 N–H and O–H groups in total. The lowest BCUT2D eigenvalue weighted by atomic mass is 9.33. The fraction of sp³-hybridized carbons (Fsp3) is 0. The van der Waals surface area contributed by atoms with Crippen molar-refractivity contribution in [2.24, 2.45) is 0 Å². The molecular formula is C54H35BN4. The summed E-state index contributed by atoms with van der Waals surface area (Å²) in [6.07, 6.45) is 0. The van der Waals surface area contributed by atoms with Crippen LogP contribution in [0.5, 0.6) is 0 Å². The van der Waals surface area contributed by atoms with Crippen molar-refractivity contribution in [3.8, 4) is 11.4 Å². The molecular weight excluding hydrogens is 715 g/mol. The standard InChI is InChI=1S/C54H35BN4/c1-3-17-36(18-4-1)56-50-30-16-11-25-44(50)55-45-32-31-38(58-46-26-12-7-21-40(46)41-22-8-13-27-47(41)58)33-51(45)57(37-19-5-2-6-20-37)53-35-39(34-52(56)54(53)55)59-48-28-14-9-23-42(48)43-24-10-15-29-49(43)59/h1-35H. The summed E-state index contributed by atoms with van der Waals surface area (Å²) in [6.45, 7) is 0.00512. The van der Waals surface area contributed by atoms with E-state index < -0.39 is 0 Å². The van der Waals surface area contributed by atoms with Gasteiger partial charge >= 0.3 is 0 Å². The maximum Gasteiger partial charge on any atom is 0.252 e. The first kappa shape index (κ1) is 32.3. The molecule has 0 saturated carbocycles. The molecule has 0 spiro atoms. The first-order chi connectivity index (χ1) is 29.3. The Balaban J connectivity index is 1.16. The zero-order valence-corrected chi connectivity index (χ0v) is 32.1. The van der Waals surface area contributed by atoms with Crippen LogP contribution in [0.1, 0.15) is 0 Å². The highest BCUT2D eigenvalue weighted by atomic mass is 15.2. The van der Waals surface area contributed by atoms with Crippen molar-refractivity contribution in [2.75, 3.05) is 9.80 Å². The van der Waals surface area contributed by atoms with Gasteiger partial charge in [0.1, 0.15) is 0 Å². The van der Waals surface area contributed by atoms with Gasteiger partial charge in [-0.05, 0) is 95.3 Å². The van der Waals surface area contributed by atoms with Gasteiger partial charge in [0.25, 0.3) is 6.71 Å². The number of fused-ring (bicyclic) bond motifs is 10. The van der Waals surface area contributed by atoms with Crippen LogP contribution in [0.25, 0.3) is 55.0 Å². The van der Waals surface area contributed by atoms with E-state index in [-0.39, 0.29) is 6.71 Å². The van der Waals surface area contributed by atoms with E-state index in [4.69, 9.17) is 0 Å². The molecule has 0 aliphatic carbocycles. The Labute approximate surface area is 342 Å². The smallest absolute Gasteiger partial charge is 0.252 e. The number of rotatable bonds is 4. The summed E-state index contributed by atoms with van der Waals surface area (Å²) in [6, 6.07) is 78.1. The average molecular weight is 751 g/mol. The lowest BCUT2D eigenvalue weighted by molar-refractivity contribution is 1.15. The summed E-state index contributed by atoms with van der Waals surface area (Å²) >= 11 is 0. The van der Waals surface area contributed by atoms with E-state index >= 15 is 0 Å². The van der Waals surface area contributed by atoms with Gasteiger partial charge in [-0.1, -0.05) is 133 Å². The van der Waals surface area contributed by atoms with Crippen LogP contribution in [-0.4, -0.2) is 15.8 Å². The van der Waals surface area contributed by atoms with Crippen molar-refractivity contribution >= 4 is 101 Å². The normalized spacial score (nSPS) is 13.0. The molecule has 2 aliphatic heterocycles. The van der Waals surface area contributed by atoms with Crippen molar-refractivity contribution in [1.82, 2.24) is 9.13 Å². The van der Waals surface area contributed by atoms with Crippen molar-refractivity contribution < 1.29 is 0 Å². The van der Waals surface area contributed by atoms with E-state index in [2.05, 4.69) is 231 Å². The largest absolute Gasteiger partial charge is 0.311 e. The summed E-state index contributed by atoms with van der Waals surface area (Å²) in [5, 5.41) is 5.01.